The minimum atomic E-state index is -4.01. The van der Waals surface area contributed by atoms with Gasteiger partial charge in [0.05, 0.1) is 46.8 Å². The number of rotatable bonds is 10. The molecule has 1 N–H and O–H groups in total. The van der Waals surface area contributed by atoms with Gasteiger partial charge in [0.25, 0.3) is 0 Å². The van der Waals surface area contributed by atoms with E-state index in [9.17, 15) is 13.2 Å². The summed E-state index contributed by atoms with van der Waals surface area (Å²) in [6, 6.07) is 7.78. The predicted octanol–water partition coefficient (Wildman–Crippen LogP) is 3.42. The lowest BCUT2D eigenvalue weighted by Crippen LogP contribution is -2.12. The molecule has 0 bridgehead atoms. The van der Waals surface area contributed by atoms with Crippen LogP contribution in [0.1, 0.15) is 11.1 Å². The molecule has 0 aromatic heterocycles. The number of carbonyl (C=O) groups excluding carboxylic acids is 1. The second-order valence-electron chi connectivity index (χ2n) is 6.20. The Morgan fingerprint density at radius 1 is 0.906 bits per heavy atom. The van der Waals surface area contributed by atoms with Gasteiger partial charge in [-0.05, 0) is 23.8 Å². The average molecular weight is 467 g/mol. The van der Waals surface area contributed by atoms with Crippen molar-refractivity contribution in [1.82, 2.24) is 0 Å². The number of hydrogen-bond acceptors (Lipinski definition) is 9. The van der Waals surface area contributed by atoms with E-state index in [0.717, 1.165) is 6.26 Å². The molecule has 10 nitrogen and oxygen atoms in total. The Bertz CT molecular complexity index is 1060. The number of benzene rings is 2. The number of amides is 1. The lowest BCUT2D eigenvalue weighted by molar-refractivity contribution is 0.187. The molecule has 0 unspecified atom stereocenters. The van der Waals surface area contributed by atoms with Crippen molar-refractivity contribution in [2.24, 2.45) is 0 Å². The standard InChI is InChI=1S/C21H25NO9S/c1-26-15-11-19(28-3)16(20(12-15)29-4)8-9-31-32(24,25)13-14-6-7-18(27-2)17(10-14)22-21(23)30-5/h6-12H,13H2,1-5H3,(H,22,23)/b9-8+. The largest absolute Gasteiger partial charge is 0.496 e. The Morgan fingerprint density at radius 2 is 1.53 bits per heavy atom. The van der Waals surface area contributed by atoms with Crippen LogP contribution in [0.4, 0.5) is 10.5 Å². The number of nitrogens with one attached hydrogen (secondary N) is 1. The number of ether oxygens (including phenoxy) is 5. The van der Waals surface area contributed by atoms with Crippen LogP contribution in [0.2, 0.25) is 0 Å². The fourth-order valence-corrected chi connectivity index (χ4v) is 3.60. The van der Waals surface area contributed by atoms with Gasteiger partial charge in [0, 0.05) is 12.1 Å². The molecule has 0 spiro atoms. The monoisotopic (exact) mass is 467 g/mol. The summed E-state index contributed by atoms with van der Waals surface area (Å²) < 4.78 is 55.4. The van der Waals surface area contributed by atoms with Gasteiger partial charge < -0.3 is 27.9 Å². The smallest absolute Gasteiger partial charge is 0.411 e. The molecule has 0 aliphatic carbocycles. The van der Waals surface area contributed by atoms with E-state index < -0.39 is 22.0 Å². The number of carbonyl (C=O) groups is 1. The molecule has 0 aliphatic heterocycles. The lowest BCUT2D eigenvalue weighted by Gasteiger charge is -2.13. The van der Waals surface area contributed by atoms with Crippen molar-refractivity contribution >= 4 is 28.0 Å². The molecule has 0 saturated heterocycles. The zero-order valence-corrected chi connectivity index (χ0v) is 19.1. The molecule has 2 rings (SSSR count). The highest BCUT2D eigenvalue weighted by Gasteiger charge is 2.16. The molecule has 0 saturated carbocycles. The minimum absolute atomic E-state index is 0.260. The molecule has 11 heteroatoms. The van der Waals surface area contributed by atoms with E-state index in [-0.39, 0.29) is 5.69 Å². The van der Waals surface area contributed by atoms with Gasteiger partial charge in [-0.15, -0.1) is 0 Å². The lowest BCUT2D eigenvalue weighted by atomic mass is 10.1. The molecule has 0 fully saturated rings. The first kappa shape index (κ1) is 24.7. The summed E-state index contributed by atoms with van der Waals surface area (Å²) >= 11 is 0. The third kappa shape index (κ3) is 6.45. The van der Waals surface area contributed by atoms with Crippen LogP contribution in [0.3, 0.4) is 0 Å². The molecule has 174 valence electrons. The molecule has 1 amide bonds. The molecular formula is C21H25NO9S. The molecule has 0 radical (unpaired) electrons. The van der Waals surface area contributed by atoms with Gasteiger partial charge in [-0.25, -0.2) is 4.79 Å². The molecular weight excluding hydrogens is 442 g/mol. The van der Waals surface area contributed by atoms with E-state index in [0.29, 0.717) is 34.1 Å². The van der Waals surface area contributed by atoms with Gasteiger partial charge in [-0.3, -0.25) is 5.32 Å². The Balaban J connectivity index is 2.21. The van der Waals surface area contributed by atoms with Crippen LogP contribution in [0.25, 0.3) is 6.08 Å². The van der Waals surface area contributed by atoms with Crippen molar-refractivity contribution in [3.63, 3.8) is 0 Å². The Morgan fingerprint density at radius 3 is 2.06 bits per heavy atom. The summed E-state index contributed by atoms with van der Waals surface area (Å²) in [5.74, 6) is 1.23. The Hall–Kier alpha value is -3.60. The SMILES string of the molecule is COC(=O)Nc1cc(CS(=O)(=O)O/C=C/c2c(OC)cc(OC)cc2OC)ccc1OC. The maximum Gasteiger partial charge on any atom is 0.411 e. The first-order valence-corrected chi connectivity index (χ1v) is 10.7. The summed E-state index contributed by atoms with van der Waals surface area (Å²) in [4.78, 5) is 11.5. The molecule has 0 heterocycles. The van der Waals surface area contributed by atoms with Gasteiger partial charge >= 0.3 is 16.2 Å². The van der Waals surface area contributed by atoms with Crippen molar-refractivity contribution in [2.45, 2.75) is 5.75 Å². The number of anilines is 1. The fourth-order valence-electron chi connectivity index (χ4n) is 2.72. The molecule has 2 aromatic rings. The van der Waals surface area contributed by atoms with E-state index in [1.54, 1.807) is 18.2 Å². The summed E-state index contributed by atoms with van der Waals surface area (Å²) in [6.07, 6.45) is 1.72. The van der Waals surface area contributed by atoms with E-state index in [2.05, 4.69) is 10.1 Å². The summed E-state index contributed by atoms with van der Waals surface area (Å²) in [7, 11) is 3.06. The van der Waals surface area contributed by atoms with Crippen molar-refractivity contribution in [3.8, 4) is 23.0 Å². The summed E-state index contributed by atoms with van der Waals surface area (Å²) in [6.45, 7) is 0. The van der Waals surface area contributed by atoms with E-state index in [4.69, 9.17) is 23.1 Å². The third-order valence-electron chi connectivity index (χ3n) is 4.22. The van der Waals surface area contributed by atoms with Gasteiger partial charge in [0.2, 0.25) is 0 Å². The number of hydrogen-bond donors (Lipinski definition) is 1. The molecule has 0 aliphatic rings. The van der Waals surface area contributed by atoms with Crippen LogP contribution in [0.5, 0.6) is 23.0 Å². The Labute approximate surface area is 186 Å². The zero-order valence-electron chi connectivity index (χ0n) is 18.3. The van der Waals surface area contributed by atoms with Crippen molar-refractivity contribution in [1.29, 1.82) is 0 Å². The van der Waals surface area contributed by atoms with Crippen LogP contribution in [0, 0.1) is 0 Å². The van der Waals surface area contributed by atoms with Crippen LogP contribution in [-0.2, 0) is 24.8 Å². The van der Waals surface area contributed by atoms with Crippen molar-refractivity contribution < 1.29 is 41.1 Å². The van der Waals surface area contributed by atoms with Gasteiger partial charge in [-0.1, -0.05) is 6.07 Å². The molecule has 2 aromatic carbocycles. The van der Waals surface area contributed by atoms with Gasteiger partial charge in [0.15, 0.2) is 0 Å². The van der Waals surface area contributed by atoms with Crippen LogP contribution in [-0.4, -0.2) is 50.1 Å². The van der Waals surface area contributed by atoms with Crippen molar-refractivity contribution in [3.05, 3.63) is 47.7 Å². The van der Waals surface area contributed by atoms with Crippen LogP contribution < -0.4 is 24.3 Å². The van der Waals surface area contributed by atoms with Gasteiger partial charge in [-0.2, -0.15) is 8.42 Å². The quantitative estimate of drug-likeness (QED) is 0.414. The van der Waals surface area contributed by atoms with Crippen LogP contribution in [0.15, 0.2) is 36.6 Å². The highest BCUT2D eigenvalue weighted by atomic mass is 32.2. The predicted molar refractivity (Wildman–Crippen MR) is 118 cm³/mol. The minimum Gasteiger partial charge on any atom is -0.496 e. The van der Waals surface area contributed by atoms with Crippen LogP contribution >= 0.6 is 0 Å². The highest BCUT2D eigenvalue weighted by molar-refractivity contribution is 7.86. The second-order valence-corrected chi connectivity index (χ2v) is 7.79. The summed E-state index contributed by atoms with van der Waals surface area (Å²) in [5.41, 5.74) is 1.10. The van der Waals surface area contributed by atoms with E-state index in [1.807, 2.05) is 0 Å². The maximum atomic E-state index is 12.4. The third-order valence-corrected chi connectivity index (χ3v) is 5.31. The van der Waals surface area contributed by atoms with Crippen molar-refractivity contribution in [2.75, 3.05) is 40.9 Å². The summed E-state index contributed by atoms with van der Waals surface area (Å²) in [5, 5.41) is 2.46. The van der Waals surface area contributed by atoms with E-state index in [1.165, 1.54) is 53.8 Å². The zero-order chi connectivity index (χ0) is 23.7. The normalized spacial score (nSPS) is 11.0. The first-order chi connectivity index (χ1) is 15.3. The van der Waals surface area contributed by atoms with E-state index >= 15 is 0 Å². The Kier molecular flexibility index (Phi) is 8.59. The second kappa shape index (κ2) is 11.1. The molecule has 0 atom stereocenters. The number of methoxy groups -OCH3 is 5. The fraction of sp³-hybridized carbons (Fsp3) is 0.286. The molecule has 32 heavy (non-hydrogen) atoms. The van der Waals surface area contributed by atoms with Gasteiger partial charge in [0.1, 0.15) is 35.0 Å². The highest BCUT2D eigenvalue weighted by Crippen LogP contribution is 2.35. The first-order valence-electron chi connectivity index (χ1n) is 9.16. The maximum absolute atomic E-state index is 12.4. The average Bonchev–Trinajstić information content (AvgIpc) is 2.78. The topological polar surface area (TPSA) is 119 Å².